The smallest absolute Gasteiger partial charge is 0.222 e. The van der Waals surface area contributed by atoms with Crippen molar-refractivity contribution in [3.63, 3.8) is 0 Å². The Labute approximate surface area is 133 Å². The zero-order valence-electron chi connectivity index (χ0n) is 13.7. The molecule has 3 N–H and O–H groups in total. The standard InChI is InChI=1S/C17H28N4O/c1-14(13-21-10-8-20(2)9-11-21)19-17(22)12-16(18)15-6-4-3-5-7-15/h3-7,14,16H,8-13,18H2,1-2H3,(H,19,22). The number of nitrogens with one attached hydrogen (secondary N) is 1. The van der Waals surface area contributed by atoms with Gasteiger partial charge in [-0.3, -0.25) is 9.69 Å². The van der Waals surface area contributed by atoms with Crippen LogP contribution in [0.5, 0.6) is 0 Å². The van der Waals surface area contributed by atoms with E-state index < -0.39 is 0 Å². The number of benzene rings is 1. The van der Waals surface area contributed by atoms with E-state index in [0.29, 0.717) is 6.42 Å². The Balaban J connectivity index is 1.72. The molecule has 1 aromatic rings. The molecule has 1 aliphatic heterocycles. The third-order valence-corrected chi connectivity index (χ3v) is 4.17. The molecule has 5 nitrogen and oxygen atoms in total. The van der Waals surface area contributed by atoms with Crippen LogP contribution in [0, 0.1) is 0 Å². The molecular formula is C17H28N4O. The number of nitrogens with two attached hydrogens (primary N) is 1. The lowest BCUT2D eigenvalue weighted by Crippen LogP contribution is -2.49. The van der Waals surface area contributed by atoms with Crippen LogP contribution in [0.25, 0.3) is 0 Å². The number of nitrogens with zero attached hydrogens (tertiary/aromatic N) is 2. The molecule has 0 bridgehead atoms. The van der Waals surface area contributed by atoms with Gasteiger partial charge < -0.3 is 16.0 Å². The van der Waals surface area contributed by atoms with Crippen LogP contribution in [-0.2, 0) is 4.79 Å². The summed E-state index contributed by atoms with van der Waals surface area (Å²) in [6, 6.07) is 9.69. The topological polar surface area (TPSA) is 61.6 Å². The van der Waals surface area contributed by atoms with Gasteiger partial charge in [-0.05, 0) is 19.5 Å². The van der Waals surface area contributed by atoms with E-state index in [0.717, 1.165) is 38.3 Å². The van der Waals surface area contributed by atoms with E-state index in [-0.39, 0.29) is 18.0 Å². The van der Waals surface area contributed by atoms with E-state index >= 15 is 0 Å². The normalized spacial score (nSPS) is 19.6. The molecule has 1 aromatic carbocycles. The van der Waals surface area contributed by atoms with E-state index in [1.807, 2.05) is 30.3 Å². The minimum atomic E-state index is -0.239. The average Bonchev–Trinajstić information content (AvgIpc) is 2.50. The first-order valence-corrected chi connectivity index (χ1v) is 8.05. The Kier molecular flexibility index (Phi) is 6.36. The molecule has 5 heteroatoms. The summed E-state index contributed by atoms with van der Waals surface area (Å²) in [4.78, 5) is 16.8. The molecule has 0 radical (unpaired) electrons. The number of piperazine rings is 1. The van der Waals surface area contributed by atoms with Crippen molar-refractivity contribution in [2.45, 2.75) is 25.4 Å². The first-order valence-electron chi connectivity index (χ1n) is 8.05. The van der Waals surface area contributed by atoms with Crippen LogP contribution in [0.4, 0.5) is 0 Å². The van der Waals surface area contributed by atoms with Crippen LogP contribution in [0.3, 0.4) is 0 Å². The van der Waals surface area contributed by atoms with E-state index in [9.17, 15) is 4.79 Å². The van der Waals surface area contributed by atoms with Gasteiger partial charge in [0, 0.05) is 51.2 Å². The molecule has 1 aliphatic rings. The van der Waals surface area contributed by atoms with Crippen LogP contribution in [0.2, 0.25) is 0 Å². The highest BCUT2D eigenvalue weighted by Crippen LogP contribution is 2.13. The second kappa shape index (κ2) is 8.27. The number of hydrogen-bond acceptors (Lipinski definition) is 4. The fourth-order valence-corrected chi connectivity index (χ4v) is 2.81. The highest BCUT2D eigenvalue weighted by Gasteiger charge is 2.18. The van der Waals surface area contributed by atoms with Crippen molar-refractivity contribution >= 4 is 5.91 Å². The Hall–Kier alpha value is -1.43. The molecule has 0 aliphatic carbocycles. The number of rotatable bonds is 6. The first kappa shape index (κ1) is 16.9. The Bertz CT molecular complexity index is 457. The lowest BCUT2D eigenvalue weighted by atomic mass is 10.0. The first-order chi connectivity index (χ1) is 10.5. The number of hydrogen-bond donors (Lipinski definition) is 2. The summed E-state index contributed by atoms with van der Waals surface area (Å²) in [7, 11) is 2.15. The van der Waals surface area contributed by atoms with E-state index in [1.54, 1.807) is 0 Å². The minimum absolute atomic E-state index is 0.0259. The van der Waals surface area contributed by atoms with Crippen molar-refractivity contribution in [1.82, 2.24) is 15.1 Å². The fourth-order valence-electron chi connectivity index (χ4n) is 2.81. The molecule has 0 saturated carbocycles. The third-order valence-electron chi connectivity index (χ3n) is 4.17. The van der Waals surface area contributed by atoms with Crippen LogP contribution in [0.15, 0.2) is 30.3 Å². The molecule has 0 aromatic heterocycles. The van der Waals surface area contributed by atoms with Crippen LogP contribution in [-0.4, -0.2) is 61.5 Å². The van der Waals surface area contributed by atoms with Gasteiger partial charge in [0.25, 0.3) is 0 Å². The Morgan fingerprint density at radius 2 is 1.86 bits per heavy atom. The van der Waals surface area contributed by atoms with Crippen LogP contribution in [0.1, 0.15) is 24.9 Å². The second-order valence-electron chi connectivity index (χ2n) is 6.29. The van der Waals surface area contributed by atoms with Gasteiger partial charge in [-0.25, -0.2) is 0 Å². The van der Waals surface area contributed by atoms with Crippen molar-refractivity contribution < 1.29 is 4.79 Å². The lowest BCUT2D eigenvalue weighted by Gasteiger charge is -2.34. The molecule has 1 amide bonds. The highest BCUT2D eigenvalue weighted by atomic mass is 16.1. The van der Waals surface area contributed by atoms with E-state index in [4.69, 9.17) is 5.73 Å². The lowest BCUT2D eigenvalue weighted by molar-refractivity contribution is -0.122. The number of likely N-dealkylation sites (N-methyl/N-ethyl adjacent to an activating group) is 1. The maximum atomic E-state index is 12.1. The minimum Gasteiger partial charge on any atom is -0.352 e. The maximum absolute atomic E-state index is 12.1. The zero-order chi connectivity index (χ0) is 15.9. The summed E-state index contributed by atoms with van der Waals surface area (Å²) in [5.74, 6) is 0.0259. The fraction of sp³-hybridized carbons (Fsp3) is 0.588. The molecular weight excluding hydrogens is 276 g/mol. The van der Waals surface area contributed by atoms with Gasteiger partial charge in [-0.2, -0.15) is 0 Å². The van der Waals surface area contributed by atoms with Gasteiger partial charge in [0.05, 0.1) is 0 Å². The van der Waals surface area contributed by atoms with Gasteiger partial charge in [0.1, 0.15) is 0 Å². The van der Waals surface area contributed by atoms with Gasteiger partial charge in [0.2, 0.25) is 5.91 Å². The van der Waals surface area contributed by atoms with Crippen molar-refractivity contribution in [3.8, 4) is 0 Å². The van der Waals surface area contributed by atoms with Crippen molar-refractivity contribution in [2.75, 3.05) is 39.8 Å². The molecule has 1 fully saturated rings. The van der Waals surface area contributed by atoms with E-state index in [1.165, 1.54) is 0 Å². The van der Waals surface area contributed by atoms with Crippen LogP contribution >= 0.6 is 0 Å². The molecule has 0 spiro atoms. The van der Waals surface area contributed by atoms with Gasteiger partial charge >= 0.3 is 0 Å². The third kappa shape index (κ3) is 5.40. The monoisotopic (exact) mass is 304 g/mol. The largest absolute Gasteiger partial charge is 0.352 e. The summed E-state index contributed by atoms with van der Waals surface area (Å²) in [6.45, 7) is 7.30. The van der Waals surface area contributed by atoms with Gasteiger partial charge in [-0.1, -0.05) is 30.3 Å². The van der Waals surface area contributed by atoms with Gasteiger partial charge in [0.15, 0.2) is 0 Å². The highest BCUT2D eigenvalue weighted by molar-refractivity contribution is 5.77. The molecule has 2 atom stereocenters. The summed E-state index contributed by atoms with van der Waals surface area (Å²) >= 11 is 0. The summed E-state index contributed by atoms with van der Waals surface area (Å²) in [5, 5.41) is 3.06. The number of amides is 1. The number of carbonyl (C=O) groups is 1. The SMILES string of the molecule is CC(CN1CCN(C)CC1)NC(=O)CC(N)c1ccccc1. The van der Waals surface area contributed by atoms with Crippen molar-refractivity contribution in [2.24, 2.45) is 5.73 Å². The summed E-state index contributed by atoms with van der Waals surface area (Å²) in [6.07, 6.45) is 0.330. The molecule has 1 heterocycles. The van der Waals surface area contributed by atoms with Gasteiger partial charge in [-0.15, -0.1) is 0 Å². The molecule has 122 valence electrons. The quantitative estimate of drug-likeness (QED) is 0.817. The summed E-state index contributed by atoms with van der Waals surface area (Å²) in [5.41, 5.74) is 7.10. The number of carbonyl (C=O) groups excluding carboxylic acids is 1. The molecule has 22 heavy (non-hydrogen) atoms. The average molecular weight is 304 g/mol. The second-order valence-corrected chi connectivity index (χ2v) is 6.29. The molecule has 2 unspecified atom stereocenters. The molecule has 2 rings (SSSR count). The zero-order valence-corrected chi connectivity index (χ0v) is 13.7. The van der Waals surface area contributed by atoms with Crippen molar-refractivity contribution in [3.05, 3.63) is 35.9 Å². The maximum Gasteiger partial charge on any atom is 0.222 e. The Morgan fingerprint density at radius 1 is 1.23 bits per heavy atom. The van der Waals surface area contributed by atoms with E-state index in [2.05, 4.69) is 29.1 Å². The Morgan fingerprint density at radius 3 is 2.50 bits per heavy atom. The molecule has 1 saturated heterocycles. The predicted octanol–water partition coefficient (Wildman–Crippen LogP) is 0.829. The van der Waals surface area contributed by atoms with Crippen molar-refractivity contribution in [1.29, 1.82) is 0 Å². The predicted molar refractivity (Wildman–Crippen MR) is 89.5 cm³/mol. The summed E-state index contributed by atoms with van der Waals surface area (Å²) < 4.78 is 0. The van der Waals surface area contributed by atoms with Crippen LogP contribution < -0.4 is 11.1 Å².